The fourth-order valence-electron chi connectivity index (χ4n) is 6.00. The van der Waals surface area contributed by atoms with Gasteiger partial charge in [-0.05, 0) is 36.1 Å². The Hall–Kier alpha value is -2.64. The molecule has 2 fully saturated rings. The standard InChI is InChI=1S/C26H16Cl4N2O4/c27-15-3-1-5-17(21(15)29)31-23(33)11-7-9-13-20-14(10-8-12(19(11)20)24(31)34)26(36)32(25(13)35)18-6-2-4-16(28)22(18)30/h1-14,19-20H/t11-,12+,13+,14-,19?,20?. The zero-order valence-corrected chi connectivity index (χ0v) is 21.3. The summed E-state index contributed by atoms with van der Waals surface area (Å²) >= 11 is 25.0. The predicted octanol–water partition coefficient (Wildman–Crippen LogP) is 5.58. The molecule has 2 unspecified atom stereocenters. The zero-order valence-electron chi connectivity index (χ0n) is 18.3. The average Bonchev–Trinajstić information content (AvgIpc) is 2.86. The largest absolute Gasteiger partial charge is 0.273 e. The molecule has 0 radical (unpaired) electrons. The van der Waals surface area contributed by atoms with Gasteiger partial charge in [-0.25, -0.2) is 9.80 Å². The number of halogens is 4. The Kier molecular flexibility index (Phi) is 5.57. The highest BCUT2D eigenvalue weighted by atomic mass is 35.5. The molecule has 2 aromatic rings. The van der Waals surface area contributed by atoms with Crippen molar-refractivity contribution in [2.75, 3.05) is 9.80 Å². The fraction of sp³-hybridized carbons (Fsp3) is 0.231. The maximum Gasteiger partial charge on any atom is 0.241 e. The molecule has 2 aromatic carbocycles. The molecular formula is C26H16Cl4N2O4. The SMILES string of the molecule is O=C1[C@H]2C=C[C@H]3C(=O)N(c4cccc(Cl)c4Cl)C(=O)[C@H]4C=C[C@@H](C(=O)N1c1cccc(Cl)c1Cl)C2C43. The number of anilines is 2. The quantitative estimate of drug-likeness (QED) is 0.354. The summed E-state index contributed by atoms with van der Waals surface area (Å²) in [5.41, 5.74) is 0.419. The van der Waals surface area contributed by atoms with Crippen molar-refractivity contribution in [2.45, 2.75) is 0 Å². The van der Waals surface area contributed by atoms with E-state index in [4.69, 9.17) is 46.4 Å². The van der Waals surface area contributed by atoms with Crippen LogP contribution in [-0.4, -0.2) is 23.6 Å². The summed E-state index contributed by atoms with van der Waals surface area (Å²) in [5, 5.41) is 0.649. The van der Waals surface area contributed by atoms with E-state index >= 15 is 0 Å². The number of carbonyl (C=O) groups excluding carboxylic acids is 4. The summed E-state index contributed by atoms with van der Waals surface area (Å²) in [5.74, 6) is -5.79. The molecule has 182 valence electrons. The summed E-state index contributed by atoms with van der Waals surface area (Å²) in [6, 6.07) is 9.50. The topological polar surface area (TPSA) is 74.8 Å². The molecule has 2 heterocycles. The highest BCUT2D eigenvalue weighted by Crippen LogP contribution is 2.54. The van der Waals surface area contributed by atoms with Gasteiger partial charge in [-0.15, -0.1) is 0 Å². The molecule has 6 atom stereocenters. The Morgan fingerprint density at radius 2 is 0.806 bits per heavy atom. The molecule has 6 nitrogen and oxygen atoms in total. The van der Waals surface area contributed by atoms with Crippen LogP contribution in [0.15, 0.2) is 60.7 Å². The van der Waals surface area contributed by atoms with Crippen molar-refractivity contribution in [3.05, 3.63) is 80.8 Å². The van der Waals surface area contributed by atoms with E-state index in [0.29, 0.717) is 0 Å². The van der Waals surface area contributed by atoms with Gasteiger partial charge in [0.2, 0.25) is 23.6 Å². The molecule has 6 rings (SSSR count). The van der Waals surface area contributed by atoms with Crippen LogP contribution in [-0.2, 0) is 19.2 Å². The molecule has 2 aliphatic carbocycles. The number of hydrogen-bond donors (Lipinski definition) is 0. The van der Waals surface area contributed by atoms with E-state index in [0.717, 1.165) is 9.80 Å². The van der Waals surface area contributed by atoms with Gasteiger partial charge >= 0.3 is 0 Å². The minimum absolute atomic E-state index is 0.103. The van der Waals surface area contributed by atoms with Crippen molar-refractivity contribution in [3.8, 4) is 0 Å². The van der Waals surface area contributed by atoms with Crippen LogP contribution in [0.4, 0.5) is 11.4 Å². The molecule has 0 N–H and O–H groups in total. The van der Waals surface area contributed by atoms with Crippen molar-refractivity contribution < 1.29 is 19.2 Å². The van der Waals surface area contributed by atoms with Crippen LogP contribution < -0.4 is 9.80 Å². The second-order valence-corrected chi connectivity index (χ2v) is 10.8. The molecule has 4 aliphatic rings. The van der Waals surface area contributed by atoms with E-state index in [-0.39, 0.29) is 31.5 Å². The number of nitrogens with zero attached hydrogens (tertiary/aromatic N) is 2. The van der Waals surface area contributed by atoms with E-state index < -0.39 is 59.1 Å². The molecule has 0 saturated carbocycles. The first-order valence-corrected chi connectivity index (χ1v) is 12.7. The minimum Gasteiger partial charge on any atom is -0.273 e. The molecule has 4 amide bonds. The third-order valence-electron chi connectivity index (χ3n) is 7.52. The smallest absolute Gasteiger partial charge is 0.241 e. The number of rotatable bonds is 2. The summed E-state index contributed by atoms with van der Waals surface area (Å²) in [4.78, 5) is 56.7. The van der Waals surface area contributed by atoms with Gasteiger partial charge in [-0.1, -0.05) is 82.8 Å². The van der Waals surface area contributed by atoms with Crippen LogP contribution in [0, 0.1) is 35.5 Å². The summed E-state index contributed by atoms with van der Waals surface area (Å²) in [7, 11) is 0. The molecule has 2 saturated heterocycles. The molecule has 10 heteroatoms. The van der Waals surface area contributed by atoms with E-state index in [1.807, 2.05) is 0 Å². The highest BCUT2D eigenvalue weighted by molar-refractivity contribution is 6.45. The summed E-state index contributed by atoms with van der Waals surface area (Å²) in [6.07, 6.45) is 6.67. The van der Waals surface area contributed by atoms with Crippen LogP contribution >= 0.6 is 46.4 Å². The Bertz CT molecular complexity index is 1280. The molecule has 0 aromatic heterocycles. The van der Waals surface area contributed by atoms with E-state index in [1.54, 1.807) is 60.7 Å². The van der Waals surface area contributed by atoms with Gasteiger partial charge in [-0.2, -0.15) is 0 Å². The number of imide groups is 2. The van der Waals surface area contributed by atoms with Gasteiger partial charge in [0.05, 0.1) is 55.1 Å². The average molecular weight is 562 g/mol. The highest BCUT2D eigenvalue weighted by Gasteiger charge is 2.61. The third-order valence-corrected chi connectivity index (χ3v) is 9.14. The molecular weight excluding hydrogens is 546 g/mol. The lowest BCUT2D eigenvalue weighted by atomic mass is 9.55. The molecule has 2 aliphatic heterocycles. The van der Waals surface area contributed by atoms with Crippen molar-refractivity contribution in [1.82, 2.24) is 0 Å². The fourth-order valence-corrected chi connectivity index (χ4v) is 6.76. The number of amides is 4. The van der Waals surface area contributed by atoms with Gasteiger partial charge in [0, 0.05) is 0 Å². The first-order valence-electron chi connectivity index (χ1n) is 11.2. The van der Waals surface area contributed by atoms with Gasteiger partial charge in [0.1, 0.15) is 0 Å². The number of carbonyl (C=O) groups is 4. The zero-order chi connectivity index (χ0) is 25.5. The van der Waals surface area contributed by atoms with Crippen molar-refractivity contribution in [1.29, 1.82) is 0 Å². The number of piperidine rings is 2. The molecule has 0 spiro atoms. The Morgan fingerprint density at radius 1 is 0.500 bits per heavy atom. The maximum absolute atomic E-state index is 13.6. The minimum atomic E-state index is -0.710. The maximum atomic E-state index is 13.6. The Labute approximate surface area is 226 Å². The number of benzene rings is 2. The van der Waals surface area contributed by atoms with E-state index in [1.165, 1.54) is 0 Å². The van der Waals surface area contributed by atoms with Gasteiger partial charge < -0.3 is 0 Å². The third kappa shape index (κ3) is 3.18. The first-order chi connectivity index (χ1) is 17.2. The monoisotopic (exact) mass is 560 g/mol. The molecule has 0 bridgehead atoms. The lowest BCUT2D eigenvalue weighted by Crippen LogP contribution is -2.64. The lowest BCUT2D eigenvalue weighted by molar-refractivity contribution is -0.148. The van der Waals surface area contributed by atoms with Crippen LogP contribution in [0.1, 0.15) is 0 Å². The first kappa shape index (κ1) is 23.7. The van der Waals surface area contributed by atoms with Crippen LogP contribution in [0.25, 0.3) is 0 Å². The van der Waals surface area contributed by atoms with Crippen molar-refractivity contribution in [3.63, 3.8) is 0 Å². The second-order valence-electron chi connectivity index (χ2n) is 9.20. The van der Waals surface area contributed by atoms with Gasteiger partial charge in [0.15, 0.2) is 0 Å². The van der Waals surface area contributed by atoms with Crippen LogP contribution in [0.3, 0.4) is 0 Å². The second kappa shape index (κ2) is 8.45. The van der Waals surface area contributed by atoms with Crippen molar-refractivity contribution >= 4 is 81.4 Å². The van der Waals surface area contributed by atoms with Gasteiger partial charge in [-0.3, -0.25) is 19.2 Å². The van der Waals surface area contributed by atoms with Crippen LogP contribution in [0.5, 0.6) is 0 Å². The Balaban J connectivity index is 1.45. The van der Waals surface area contributed by atoms with E-state index in [2.05, 4.69) is 0 Å². The lowest BCUT2D eigenvalue weighted by Gasteiger charge is -2.53. The van der Waals surface area contributed by atoms with E-state index in [9.17, 15) is 19.2 Å². The van der Waals surface area contributed by atoms with Gasteiger partial charge in [0.25, 0.3) is 0 Å². The normalized spacial score (nSPS) is 30.7. The Morgan fingerprint density at radius 3 is 1.11 bits per heavy atom. The summed E-state index contributed by atoms with van der Waals surface area (Å²) < 4.78 is 0. The molecule has 36 heavy (non-hydrogen) atoms. The van der Waals surface area contributed by atoms with Crippen molar-refractivity contribution in [2.24, 2.45) is 35.5 Å². The van der Waals surface area contributed by atoms with Crippen LogP contribution in [0.2, 0.25) is 20.1 Å². The summed E-state index contributed by atoms with van der Waals surface area (Å²) in [6.45, 7) is 0. The predicted molar refractivity (Wildman–Crippen MR) is 137 cm³/mol. The number of hydrogen-bond acceptors (Lipinski definition) is 4.